The molecule has 0 amide bonds. The van der Waals surface area contributed by atoms with Crippen molar-refractivity contribution >= 4 is 10.3 Å². The minimum Gasteiger partial charge on any atom is -0.371 e. The summed E-state index contributed by atoms with van der Waals surface area (Å²) in [5, 5.41) is 5.05. The Morgan fingerprint density at radius 1 is 1.20 bits per heavy atom. The van der Waals surface area contributed by atoms with Gasteiger partial charge in [-0.15, -0.1) is 0 Å². The van der Waals surface area contributed by atoms with Crippen molar-refractivity contribution in [3.05, 3.63) is 28.8 Å². The van der Waals surface area contributed by atoms with Crippen molar-refractivity contribution in [3.63, 3.8) is 0 Å². The summed E-state index contributed by atoms with van der Waals surface area (Å²) in [5.74, 6) is 3.46. The first-order valence-electron chi connectivity index (χ1n) is 9.54. The zero-order valence-electron chi connectivity index (χ0n) is 15.4. The molecule has 0 spiro atoms. The third-order valence-electron chi connectivity index (χ3n) is 7.70. The molecule has 0 aliphatic heterocycles. The van der Waals surface area contributed by atoms with Crippen LogP contribution < -0.4 is 9.32 Å². The lowest BCUT2D eigenvalue weighted by molar-refractivity contribution is 0.0336. The molecule has 1 aromatic rings. The molecule has 138 valence electrons. The lowest BCUT2D eigenvalue weighted by atomic mass is 9.54. The van der Waals surface area contributed by atoms with E-state index in [0.29, 0.717) is 17.1 Å². The molecule has 0 radical (unpaired) electrons. The lowest BCUT2D eigenvalue weighted by Crippen LogP contribution is -2.41. The van der Waals surface area contributed by atoms with Crippen LogP contribution in [0.15, 0.2) is 12.1 Å². The molecule has 4 rings (SSSR count). The van der Waals surface area contributed by atoms with Crippen LogP contribution in [0.1, 0.15) is 68.6 Å². The molecule has 0 aromatic heterocycles. The number of nitrogens with two attached hydrogens (primary N) is 1. The smallest absolute Gasteiger partial charge is 0.371 e. The van der Waals surface area contributed by atoms with E-state index < -0.39 is 10.3 Å². The third kappa shape index (κ3) is 2.80. The third-order valence-corrected chi connectivity index (χ3v) is 8.11. The molecule has 0 saturated heterocycles. The first-order valence-corrected chi connectivity index (χ1v) is 11.0. The monoisotopic (exact) mass is 363 g/mol. The van der Waals surface area contributed by atoms with Crippen LogP contribution in [-0.4, -0.2) is 8.42 Å². The number of rotatable bonds is 2. The summed E-state index contributed by atoms with van der Waals surface area (Å²) in [6.45, 7) is 6.88. The number of aryl methyl sites for hydroxylation is 2. The lowest BCUT2D eigenvalue weighted by Gasteiger charge is -2.50. The minimum atomic E-state index is -3.98. The largest absolute Gasteiger partial charge is 0.380 e. The molecule has 4 nitrogen and oxygen atoms in total. The predicted octanol–water partition coefficient (Wildman–Crippen LogP) is 4.07. The molecule has 4 unspecified atom stereocenters. The number of benzene rings is 1. The zero-order chi connectivity index (χ0) is 18.0. The molecule has 25 heavy (non-hydrogen) atoms. The van der Waals surface area contributed by atoms with Crippen LogP contribution in [0, 0.1) is 30.1 Å². The highest BCUT2D eigenvalue weighted by molar-refractivity contribution is 7.84. The summed E-state index contributed by atoms with van der Waals surface area (Å²) >= 11 is 0. The van der Waals surface area contributed by atoms with Gasteiger partial charge in [0.05, 0.1) is 0 Å². The van der Waals surface area contributed by atoms with Gasteiger partial charge in [0.2, 0.25) is 0 Å². The fraction of sp³-hybridized carbons (Fsp3) is 0.700. The number of hydrogen-bond donors (Lipinski definition) is 1. The van der Waals surface area contributed by atoms with Crippen molar-refractivity contribution in [1.82, 2.24) is 0 Å². The van der Waals surface area contributed by atoms with Crippen LogP contribution in [0.5, 0.6) is 5.75 Å². The van der Waals surface area contributed by atoms with Gasteiger partial charge < -0.3 is 4.18 Å². The van der Waals surface area contributed by atoms with Crippen LogP contribution in [0.25, 0.3) is 0 Å². The summed E-state index contributed by atoms with van der Waals surface area (Å²) < 4.78 is 27.6. The van der Waals surface area contributed by atoms with Gasteiger partial charge in [-0.05, 0) is 97.3 Å². The highest BCUT2D eigenvalue weighted by Crippen LogP contribution is 2.62. The number of fused-ring (bicyclic) bond motifs is 5. The van der Waals surface area contributed by atoms with Crippen molar-refractivity contribution in [3.8, 4) is 5.75 Å². The van der Waals surface area contributed by atoms with Crippen molar-refractivity contribution < 1.29 is 12.6 Å². The van der Waals surface area contributed by atoms with Gasteiger partial charge >= 0.3 is 10.3 Å². The van der Waals surface area contributed by atoms with Gasteiger partial charge in [0.1, 0.15) is 5.75 Å². The van der Waals surface area contributed by atoms with E-state index in [2.05, 4.69) is 19.9 Å². The summed E-state index contributed by atoms with van der Waals surface area (Å²) in [5.41, 5.74) is 4.06. The van der Waals surface area contributed by atoms with Gasteiger partial charge in [0.25, 0.3) is 0 Å². The van der Waals surface area contributed by atoms with Crippen LogP contribution >= 0.6 is 0 Å². The molecular weight excluding hydrogens is 334 g/mol. The Balaban J connectivity index is 1.68. The topological polar surface area (TPSA) is 69.4 Å². The molecule has 5 heteroatoms. The zero-order valence-corrected chi connectivity index (χ0v) is 16.2. The normalized spacial score (nSPS) is 37.1. The van der Waals surface area contributed by atoms with Gasteiger partial charge in [-0.3, -0.25) is 0 Å². The van der Waals surface area contributed by atoms with Crippen LogP contribution in [0.2, 0.25) is 0 Å². The quantitative estimate of drug-likeness (QED) is 0.861. The summed E-state index contributed by atoms with van der Waals surface area (Å²) in [4.78, 5) is 0. The van der Waals surface area contributed by atoms with E-state index in [4.69, 9.17) is 9.32 Å². The Bertz CT molecular complexity index is 803. The van der Waals surface area contributed by atoms with Gasteiger partial charge in [0, 0.05) is 0 Å². The van der Waals surface area contributed by atoms with Crippen LogP contribution in [-0.2, 0) is 16.7 Å². The highest BCUT2D eigenvalue weighted by Gasteiger charge is 2.53. The fourth-order valence-electron chi connectivity index (χ4n) is 6.19. The van der Waals surface area contributed by atoms with Gasteiger partial charge in [-0.1, -0.05) is 19.9 Å². The van der Waals surface area contributed by atoms with Gasteiger partial charge in [-0.25, -0.2) is 0 Å². The molecule has 5 atom stereocenters. The maximum Gasteiger partial charge on any atom is 0.380 e. The van der Waals surface area contributed by atoms with Crippen LogP contribution in [0.4, 0.5) is 0 Å². The average Bonchev–Trinajstić information content (AvgIpc) is 2.82. The van der Waals surface area contributed by atoms with Crippen molar-refractivity contribution in [1.29, 1.82) is 0 Å². The molecule has 1 aromatic carbocycles. The molecule has 3 aliphatic carbocycles. The first kappa shape index (κ1) is 17.3. The number of hydrogen-bond acceptors (Lipinski definition) is 3. The first-order chi connectivity index (χ1) is 11.7. The summed E-state index contributed by atoms with van der Waals surface area (Å²) in [6.07, 6.45) is 7.54. The standard InChI is InChI=1S/C20H29NO3S/c1-12-10-17-14(11-19(12)24-25(21,22)23)5-6-16-15(17)8-9-20(3)13(2)4-7-18(16)20/h10-11,13,15-16,18H,4-9H2,1-3H3,(H2,21,22,23)/t13?,15?,16?,18?,20-/m1/s1. The Kier molecular flexibility index (Phi) is 3.97. The van der Waals surface area contributed by atoms with Crippen LogP contribution in [0.3, 0.4) is 0 Å². The van der Waals surface area contributed by atoms with E-state index in [1.807, 2.05) is 13.0 Å². The molecule has 2 N–H and O–H groups in total. The van der Waals surface area contributed by atoms with E-state index >= 15 is 0 Å². The maximum absolute atomic E-state index is 11.3. The molecule has 3 aliphatic rings. The van der Waals surface area contributed by atoms with Crippen molar-refractivity contribution in [2.45, 2.75) is 65.2 Å². The fourth-order valence-corrected chi connectivity index (χ4v) is 6.62. The maximum atomic E-state index is 11.3. The summed E-state index contributed by atoms with van der Waals surface area (Å²) in [6, 6.07) is 4.07. The van der Waals surface area contributed by atoms with Gasteiger partial charge in [-0.2, -0.15) is 13.6 Å². The van der Waals surface area contributed by atoms with Crippen molar-refractivity contribution in [2.24, 2.45) is 28.3 Å². The highest BCUT2D eigenvalue weighted by atomic mass is 32.2. The van der Waals surface area contributed by atoms with Gasteiger partial charge in [0.15, 0.2) is 0 Å². The van der Waals surface area contributed by atoms with E-state index in [0.717, 1.165) is 29.7 Å². The Morgan fingerprint density at radius 2 is 1.96 bits per heavy atom. The second kappa shape index (κ2) is 5.71. The Labute approximate surface area is 151 Å². The average molecular weight is 364 g/mol. The van der Waals surface area contributed by atoms with E-state index in [1.54, 1.807) is 0 Å². The second-order valence-electron chi connectivity index (χ2n) is 8.83. The SMILES string of the molecule is Cc1cc2c(cc1OS(N)(=O)=O)CCC1C2CC[C@]2(C)C(C)CCC12. The molecule has 2 saturated carbocycles. The molecular formula is C20H29NO3S. The predicted molar refractivity (Wildman–Crippen MR) is 98.7 cm³/mol. The Morgan fingerprint density at radius 3 is 2.68 bits per heavy atom. The van der Waals surface area contributed by atoms with E-state index in [9.17, 15) is 8.42 Å². The minimum absolute atomic E-state index is 0.384. The summed E-state index contributed by atoms with van der Waals surface area (Å²) in [7, 11) is -3.98. The van der Waals surface area contributed by atoms with E-state index in [1.165, 1.54) is 43.2 Å². The second-order valence-corrected chi connectivity index (χ2v) is 9.98. The molecule has 0 heterocycles. The Hall–Kier alpha value is -1.07. The molecule has 2 fully saturated rings. The van der Waals surface area contributed by atoms with Crippen molar-refractivity contribution in [2.75, 3.05) is 0 Å². The molecule has 0 bridgehead atoms. The van der Waals surface area contributed by atoms with E-state index in [-0.39, 0.29) is 0 Å².